The van der Waals surface area contributed by atoms with Crippen LogP contribution in [0.2, 0.25) is 0 Å². The summed E-state index contributed by atoms with van der Waals surface area (Å²) in [6.45, 7) is 1.31. The molecule has 1 rings (SSSR count). The van der Waals surface area contributed by atoms with Crippen molar-refractivity contribution in [3.05, 3.63) is 23.8 Å². The highest BCUT2D eigenvalue weighted by molar-refractivity contribution is 5.38. The zero-order valence-electron chi connectivity index (χ0n) is 11.4. The molecular formula is C13H21NO4. The molecule has 0 radical (unpaired) electrons. The molecule has 0 bridgehead atoms. The Bertz CT molecular complexity index is 331. The molecule has 0 aromatic heterocycles. The smallest absolute Gasteiger partial charge is 0.169 e. The molecule has 0 aliphatic carbocycles. The Morgan fingerprint density at radius 3 is 1.94 bits per heavy atom. The van der Waals surface area contributed by atoms with E-state index in [0.29, 0.717) is 13.1 Å². The van der Waals surface area contributed by atoms with Gasteiger partial charge >= 0.3 is 0 Å². The van der Waals surface area contributed by atoms with Crippen molar-refractivity contribution in [2.75, 3.05) is 35.0 Å². The molecule has 1 N–H and O–H groups in total. The van der Waals surface area contributed by atoms with Crippen LogP contribution in [0.5, 0.6) is 11.5 Å². The molecule has 0 spiro atoms. The topological polar surface area (TPSA) is 49.0 Å². The minimum atomic E-state index is -0.238. The largest absolute Gasteiger partial charge is 0.497 e. The monoisotopic (exact) mass is 255 g/mol. The summed E-state index contributed by atoms with van der Waals surface area (Å²) in [5.41, 5.74) is 1.08. The van der Waals surface area contributed by atoms with Crippen molar-refractivity contribution in [3.63, 3.8) is 0 Å². The van der Waals surface area contributed by atoms with Crippen molar-refractivity contribution in [2.24, 2.45) is 0 Å². The number of benzene rings is 1. The number of methoxy groups -OCH3 is 4. The van der Waals surface area contributed by atoms with E-state index in [2.05, 4.69) is 5.32 Å². The van der Waals surface area contributed by atoms with E-state index < -0.39 is 0 Å². The van der Waals surface area contributed by atoms with Gasteiger partial charge in [0.15, 0.2) is 6.29 Å². The fraction of sp³-hybridized carbons (Fsp3) is 0.538. The van der Waals surface area contributed by atoms with Gasteiger partial charge in [0.1, 0.15) is 11.5 Å². The molecule has 0 fully saturated rings. The number of ether oxygens (including phenoxy) is 4. The Labute approximate surface area is 108 Å². The predicted molar refractivity (Wildman–Crippen MR) is 69.1 cm³/mol. The van der Waals surface area contributed by atoms with Crippen LogP contribution in [0.4, 0.5) is 0 Å². The Morgan fingerprint density at radius 1 is 0.944 bits per heavy atom. The predicted octanol–water partition coefficient (Wildman–Crippen LogP) is 1.41. The fourth-order valence-electron chi connectivity index (χ4n) is 1.57. The lowest BCUT2D eigenvalue weighted by Crippen LogP contribution is -2.29. The first-order valence-corrected chi connectivity index (χ1v) is 5.71. The van der Waals surface area contributed by atoms with E-state index in [-0.39, 0.29) is 6.29 Å². The van der Waals surface area contributed by atoms with Gasteiger partial charge in [0.05, 0.1) is 14.2 Å². The summed E-state index contributed by atoms with van der Waals surface area (Å²) in [5, 5.41) is 3.25. The van der Waals surface area contributed by atoms with Crippen molar-refractivity contribution in [2.45, 2.75) is 12.8 Å². The molecule has 5 nitrogen and oxygen atoms in total. The quantitative estimate of drug-likeness (QED) is 0.712. The van der Waals surface area contributed by atoms with Crippen LogP contribution >= 0.6 is 0 Å². The molecular weight excluding hydrogens is 234 g/mol. The minimum Gasteiger partial charge on any atom is -0.497 e. The summed E-state index contributed by atoms with van der Waals surface area (Å²) >= 11 is 0. The third-order valence-corrected chi connectivity index (χ3v) is 2.58. The Morgan fingerprint density at radius 2 is 1.50 bits per heavy atom. The Balaban J connectivity index is 2.55. The second kappa shape index (κ2) is 7.92. The van der Waals surface area contributed by atoms with Gasteiger partial charge in [-0.15, -0.1) is 0 Å². The highest BCUT2D eigenvalue weighted by Crippen LogP contribution is 2.22. The van der Waals surface area contributed by atoms with Crippen LogP contribution in [0.1, 0.15) is 5.56 Å². The molecule has 0 saturated carbocycles. The average Bonchev–Trinajstić information content (AvgIpc) is 2.43. The lowest BCUT2D eigenvalue weighted by molar-refractivity contribution is -0.0989. The molecule has 0 aliphatic rings. The first-order valence-electron chi connectivity index (χ1n) is 5.71. The zero-order chi connectivity index (χ0) is 13.4. The molecule has 5 heteroatoms. The molecule has 0 saturated heterocycles. The second-order valence-corrected chi connectivity index (χ2v) is 3.75. The maximum atomic E-state index is 5.21. The van der Waals surface area contributed by atoms with E-state index in [0.717, 1.165) is 17.1 Å². The molecule has 0 atom stereocenters. The highest BCUT2D eigenvalue weighted by atomic mass is 16.7. The number of hydrogen-bond donors (Lipinski definition) is 1. The molecule has 1 aromatic carbocycles. The third kappa shape index (κ3) is 4.52. The molecule has 1 aromatic rings. The van der Waals surface area contributed by atoms with E-state index in [9.17, 15) is 0 Å². The van der Waals surface area contributed by atoms with Crippen molar-refractivity contribution in [1.29, 1.82) is 0 Å². The van der Waals surface area contributed by atoms with E-state index in [1.54, 1.807) is 28.4 Å². The van der Waals surface area contributed by atoms with Crippen LogP contribution in [0, 0.1) is 0 Å². The molecule has 102 valence electrons. The zero-order valence-corrected chi connectivity index (χ0v) is 11.4. The Kier molecular flexibility index (Phi) is 6.49. The van der Waals surface area contributed by atoms with E-state index in [4.69, 9.17) is 18.9 Å². The van der Waals surface area contributed by atoms with E-state index in [1.807, 2.05) is 18.2 Å². The van der Waals surface area contributed by atoms with Crippen molar-refractivity contribution in [1.82, 2.24) is 5.32 Å². The van der Waals surface area contributed by atoms with Gasteiger partial charge in [-0.2, -0.15) is 0 Å². The Hall–Kier alpha value is -1.30. The average molecular weight is 255 g/mol. The summed E-state index contributed by atoms with van der Waals surface area (Å²) in [6.07, 6.45) is -0.238. The summed E-state index contributed by atoms with van der Waals surface area (Å²) in [4.78, 5) is 0. The fourth-order valence-corrected chi connectivity index (χ4v) is 1.57. The van der Waals surface area contributed by atoms with Crippen molar-refractivity contribution >= 4 is 0 Å². The molecule has 18 heavy (non-hydrogen) atoms. The lowest BCUT2D eigenvalue weighted by Gasteiger charge is -2.14. The number of hydrogen-bond acceptors (Lipinski definition) is 5. The van der Waals surface area contributed by atoms with Crippen molar-refractivity contribution in [3.8, 4) is 11.5 Å². The van der Waals surface area contributed by atoms with Gasteiger partial charge in [0.25, 0.3) is 0 Å². The van der Waals surface area contributed by atoms with E-state index >= 15 is 0 Å². The van der Waals surface area contributed by atoms with Crippen LogP contribution in [0.15, 0.2) is 18.2 Å². The summed E-state index contributed by atoms with van der Waals surface area (Å²) < 4.78 is 20.6. The minimum absolute atomic E-state index is 0.238. The number of rotatable bonds is 8. The van der Waals surface area contributed by atoms with E-state index in [1.165, 1.54) is 0 Å². The van der Waals surface area contributed by atoms with Crippen LogP contribution in [0.3, 0.4) is 0 Å². The molecule has 0 aliphatic heterocycles. The van der Waals surface area contributed by atoms with Crippen molar-refractivity contribution < 1.29 is 18.9 Å². The van der Waals surface area contributed by atoms with Crippen LogP contribution in [0.25, 0.3) is 0 Å². The normalized spacial score (nSPS) is 10.7. The highest BCUT2D eigenvalue weighted by Gasteiger charge is 2.05. The van der Waals surface area contributed by atoms with Gasteiger partial charge < -0.3 is 24.3 Å². The first kappa shape index (κ1) is 14.8. The summed E-state index contributed by atoms with van der Waals surface area (Å²) in [5.74, 6) is 1.56. The SMILES string of the molecule is COc1cc(CNCC(OC)OC)cc(OC)c1. The van der Waals surface area contributed by atoms with Gasteiger partial charge in [-0.1, -0.05) is 0 Å². The third-order valence-electron chi connectivity index (χ3n) is 2.58. The second-order valence-electron chi connectivity index (χ2n) is 3.75. The first-order chi connectivity index (χ1) is 8.73. The molecule has 0 amide bonds. The van der Waals surface area contributed by atoms with Crippen LogP contribution < -0.4 is 14.8 Å². The van der Waals surface area contributed by atoms with Gasteiger partial charge in [-0.3, -0.25) is 0 Å². The molecule has 0 unspecified atom stereocenters. The molecule has 0 heterocycles. The summed E-state index contributed by atoms with van der Waals surface area (Å²) in [7, 11) is 6.50. The van der Waals surface area contributed by atoms with Gasteiger partial charge in [0, 0.05) is 33.4 Å². The standard InChI is InChI=1S/C13H21NO4/c1-15-11-5-10(6-12(7-11)16-2)8-14-9-13(17-3)18-4/h5-7,13-14H,8-9H2,1-4H3. The van der Waals surface area contributed by atoms with Crippen LogP contribution in [-0.2, 0) is 16.0 Å². The maximum Gasteiger partial charge on any atom is 0.169 e. The van der Waals surface area contributed by atoms with Gasteiger partial charge in [0.2, 0.25) is 0 Å². The maximum absolute atomic E-state index is 5.21. The van der Waals surface area contributed by atoms with Gasteiger partial charge in [-0.25, -0.2) is 0 Å². The lowest BCUT2D eigenvalue weighted by atomic mass is 10.2. The summed E-state index contributed by atoms with van der Waals surface area (Å²) in [6, 6.07) is 5.77. The van der Waals surface area contributed by atoms with Crippen LogP contribution in [-0.4, -0.2) is 41.3 Å². The number of nitrogens with one attached hydrogen (secondary N) is 1. The van der Waals surface area contributed by atoms with Gasteiger partial charge in [-0.05, 0) is 17.7 Å².